The van der Waals surface area contributed by atoms with Crippen LogP contribution in [-0.2, 0) is 20.6 Å². The Morgan fingerprint density at radius 1 is 0.886 bits per heavy atom. The standard InChI is InChI=1S/C38H51NO4Si/c1-37(2,3)44(34-19-9-5-10-20-34,35-21-11-6-12-22-35)42-29-32-17-13-23-38(32)24-14-18-33-25-36(43-39(33)38)31(26-40)28-41-27-30-15-7-4-8-16-30/h4-12,15-16,19-22,31-33,36,40H,13-14,17-18,23-29H2,1-3H3/t31-,32-,33+,36-,38+/m1/s1. The average molecular weight is 614 g/mol. The Balaban J connectivity index is 1.21. The summed E-state index contributed by atoms with van der Waals surface area (Å²) in [6.07, 6.45) is 8.00. The molecule has 3 aromatic carbocycles. The van der Waals surface area contributed by atoms with Crippen LogP contribution in [0, 0.1) is 11.8 Å². The van der Waals surface area contributed by atoms with E-state index in [4.69, 9.17) is 14.0 Å². The number of aliphatic hydroxyl groups excluding tert-OH is 1. The molecule has 1 N–H and O–H groups in total. The summed E-state index contributed by atoms with van der Waals surface area (Å²) < 4.78 is 13.6. The monoisotopic (exact) mass is 613 g/mol. The number of piperidine rings is 1. The van der Waals surface area contributed by atoms with Gasteiger partial charge in [0.25, 0.3) is 8.32 Å². The number of ether oxygens (including phenoxy) is 1. The van der Waals surface area contributed by atoms with E-state index in [1.54, 1.807) is 0 Å². The van der Waals surface area contributed by atoms with Crippen LogP contribution in [0.1, 0.15) is 71.3 Å². The van der Waals surface area contributed by atoms with Gasteiger partial charge < -0.3 is 14.3 Å². The molecule has 44 heavy (non-hydrogen) atoms. The molecule has 0 unspecified atom stereocenters. The van der Waals surface area contributed by atoms with Crippen molar-refractivity contribution in [2.24, 2.45) is 11.8 Å². The fraction of sp³-hybridized carbons (Fsp3) is 0.526. The quantitative estimate of drug-likeness (QED) is 0.251. The summed E-state index contributed by atoms with van der Waals surface area (Å²) in [6, 6.07) is 32.7. The van der Waals surface area contributed by atoms with Gasteiger partial charge in [-0.1, -0.05) is 118 Å². The largest absolute Gasteiger partial charge is 0.407 e. The molecule has 0 amide bonds. The van der Waals surface area contributed by atoms with Crippen molar-refractivity contribution < 1.29 is 19.1 Å². The van der Waals surface area contributed by atoms with E-state index in [-0.39, 0.29) is 29.2 Å². The molecule has 3 aromatic rings. The van der Waals surface area contributed by atoms with Crippen LogP contribution in [0.2, 0.25) is 5.04 Å². The fourth-order valence-corrected chi connectivity index (χ4v) is 13.1. The van der Waals surface area contributed by atoms with Gasteiger partial charge in [-0.2, -0.15) is 5.06 Å². The van der Waals surface area contributed by atoms with Gasteiger partial charge in [0.15, 0.2) is 0 Å². The number of benzene rings is 3. The molecule has 236 valence electrons. The second-order valence-electron chi connectivity index (χ2n) is 14.4. The number of fused-ring (bicyclic) bond motifs is 2. The van der Waals surface area contributed by atoms with Crippen LogP contribution < -0.4 is 10.4 Å². The first-order valence-electron chi connectivity index (χ1n) is 16.8. The molecule has 6 heteroatoms. The highest BCUT2D eigenvalue weighted by atomic mass is 28.4. The fourth-order valence-electron chi connectivity index (χ4n) is 8.53. The maximum atomic E-state index is 10.4. The van der Waals surface area contributed by atoms with Crippen molar-refractivity contribution in [3.63, 3.8) is 0 Å². The molecule has 6 rings (SSSR count). The molecule has 0 aromatic heterocycles. The van der Waals surface area contributed by atoms with Crippen molar-refractivity contribution in [1.29, 1.82) is 0 Å². The molecule has 5 atom stereocenters. The van der Waals surface area contributed by atoms with Gasteiger partial charge in [-0.05, 0) is 59.5 Å². The molecule has 0 bridgehead atoms. The van der Waals surface area contributed by atoms with Crippen LogP contribution in [0.25, 0.3) is 0 Å². The van der Waals surface area contributed by atoms with Crippen molar-refractivity contribution in [3.05, 3.63) is 96.6 Å². The summed E-state index contributed by atoms with van der Waals surface area (Å²) in [6.45, 7) is 8.98. The third kappa shape index (κ3) is 6.10. The Hall–Kier alpha value is -2.32. The normalized spacial score (nSPS) is 26.6. The van der Waals surface area contributed by atoms with Gasteiger partial charge in [-0.3, -0.25) is 4.84 Å². The molecule has 2 heterocycles. The van der Waals surface area contributed by atoms with Gasteiger partial charge in [0.05, 0.1) is 31.5 Å². The summed E-state index contributed by atoms with van der Waals surface area (Å²) in [5.41, 5.74) is 1.15. The zero-order chi connectivity index (χ0) is 30.6. The lowest BCUT2D eigenvalue weighted by Crippen LogP contribution is -2.67. The second-order valence-corrected chi connectivity index (χ2v) is 18.7. The van der Waals surface area contributed by atoms with E-state index in [9.17, 15) is 5.11 Å². The molecular formula is C38H51NO4Si. The van der Waals surface area contributed by atoms with Crippen molar-refractivity contribution in [2.45, 2.75) is 95.0 Å². The Bertz CT molecular complexity index is 1280. The van der Waals surface area contributed by atoms with Crippen LogP contribution in [-0.4, -0.2) is 56.0 Å². The van der Waals surface area contributed by atoms with E-state index in [0.717, 1.165) is 37.9 Å². The molecule has 2 aliphatic heterocycles. The van der Waals surface area contributed by atoms with E-state index in [2.05, 4.69) is 98.6 Å². The van der Waals surface area contributed by atoms with Gasteiger partial charge in [-0.15, -0.1) is 0 Å². The number of hydrogen-bond acceptors (Lipinski definition) is 5. The van der Waals surface area contributed by atoms with Crippen LogP contribution in [0.4, 0.5) is 0 Å². The zero-order valence-electron chi connectivity index (χ0n) is 26.9. The van der Waals surface area contributed by atoms with E-state index >= 15 is 0 Å². The summed E-state index contributed by atoms with van der Waals surface area (Å²) in [5.74, 6) is 0.377. The minimum Gasteiger partial charge on any atom is -0.407 e. The van der Waals surface area contributed by atoms with Crippen LogP contribution in [0.5, 0.6) is 0 Å². The summed E-state index contributed by atoms with van der Waals surface area (Å²) in [4.78, 5) is 6.91. The third-order valence-corrected chi connectivity index (χ3v) is 15.7. The first kappa shape index (κ1) is 31.7. The number of hydroxylamine groups is 2. The van der Waals surface area contributed by atoms with Gasteiger partial charge in [-0.25, -0.2) is 0 Å². The highest BCUT2D eigenvalue weighted by Gasteiger charge is 2.57. The van der Waals surface area contributed by atoms with Crippen LogP contribution >= 0.6 is 0 Å². The van der Waals surface area contributed by atoms with Crippen molar-refractivity contribution in [3.8, 4) is 0 Å². The minimum atomic E-state index is -2.62. The maximum absolute atomic E-state index is 10.4. The van der Waals surface area contributed by atoms with Gasteiger partial charge in [0.2, 0.25) is 0 Å². The third-order valence-electron chi connectivity index (χ3n) is 10.7. The predicted octanol–water partition coefficient (Wildman–Crippen LogP) is 6.49. The predicted molar refractivity (Wildman–Crippen MR) is 179 cm³/mol. The molecule has 1 spiro atoms. The number of nitrogens with zero attached hydrogens (tertiary/aromatic N) is 1. The van der Waals surface area contributed by atoms with Crippen LogP contribution in [0.15, 0.2) is 91.0 Å². The van der Waals surface area contributed by atoms with Gasteiger partial charge in [0, 0.05) is 24.5 Å². The van der Waals surface area contributed by atoms with E-state index in [1.165, 1.54) is 29.6 Å². The topological polar surface area (TPSA) is 51.2 Å². The lowest BCUT2D eigenvalue weighted by Gasteiger charge is -2.50. The molecule has 5 nitrogen and oxygen atoms in total. The minimum absolute atomic E-state index is 0.00598. The van der Waals surface area contributed by atoms with Gasteiger partial charge in [0.1, 0.15) is 0 Å². The highest BCUT2D eigenvalue weighted by Crippen LogP contribution is 2.52. The molecule has 3 fully saturated rings. The summed E-state index contributed by atoms with van der Waals surface area (Å²) in [5, 5.41) is 15.5. The second kappa shape index (κ2) is 13.6. The van der Waals surface area contributed by atoms with Crippen molar-refractivity contribution >= 4 is 18.7 Å². The molecular weight excluding hydrogens is 563 g/mol. The summed E-state index contributed by atoms with van der Waals surface area (Å²) >= 11 is 0. The SMILES string of the molecule is CC(C)(C)[Si](OC[C@H]1CCC[C@]12CCC[C@H]1C[C@H]([C@H](CO)COCc3ccccc3)ON12)(c1ccccc1)c1ccccc1. The van der Waals surface area contributed by atoms with Crippen molar-refractivity contribution in [1.82, 2.24) is 5.06 Å². The highest BCUT2D eigenvalue weighted by molar-refractivity contribution is 6.99. The molecule has 1 aliphatic carbocycles. The number of aliphatic hydroxyl groups is 1. The number of hydrogen-bond donors (Lipinski definition) is 1. The average Bonchev–Trinajstić information content (AvgIpc) is 3.66. The first-order chi connectivity index (χ1) is 21.4. The Morgan fingerprint density at radius 3 is 2.07 bits per heavy atom. The Kier molecular flexibility index (Phi) is 9.77. The Morgan fingerprint density at radius 2 is 1.48 bits per heavy atom. The van der Waals surface area contributed by atoms with E-state index < -0.39 is 8.32 Å². The number of rotatable bonds is 11. The molecule has 2 saturated heterocycles. The Labute approximate surface area is 265 Å². The van der Waals surface area contributed by atoms with Crippen LogP contribution in [0.3, 0.4) is 0 Å². The molecule has 3 aliphatic rings. The lowest BCUT2D eigenvalue weighted by molar-refractivity contribution is -0.260. The van der Waals surface area contributed by atoms with Crippen molar-refractivity contribution in [2.75, 3.05) is 19.8 Å². The van der Waals surface area contributed by atoms with E-state index in [0.29, 0.717) is 25.2 Å². The zero-order valence-corrected chi connectivity index (χ0v) is 27.9. The lowest BCUT2D eigenvalue weighted by atomic mass is 9.77. The van der Waals surface area contributed by atoms with E-state index in [1.807, 2.05) is 18.2 Å². The van der Waals surface area contributed by atoms with Gasteiger partial charge >= 0.3 is 0 Å². The maximum Gasteiger partial charge on any atom is 0.261 e. The molecule has 0 radical (unpaired) electrons. The first-order valence-corrected chi connectivity index (χ1v) is 18.7. The smallest absolute Gasteiger partial charge is 0.261 e. The summed E-state index contributed by atoms with van der Waals surface area (Å²) in [7, 11) is -2.62. The molecule has 1 saturated carbocycles.